The smallest absolute Gasteiger partial charge is 0.242 e. The first-order valence-electron chi connectivity index (χ1n) is 9.89. The molecule has 7 nitrogen and oxygen atoms in total. The van der Waals surface area contributed by atoms with Gasteiger partial charge in [-0.1, -0.05) is 12.5 Å². The van der Waals surface area contributed by atoms with Crippen LogP contribution in [0, 0.1) is 0 Å². The van der Waals surface area contributed by atoms with Crippen molar-refractivity contribution in [2.45, 2.75) is 32.2 Å². The van der Waals surface area contributed by atoms with Crippen molar-refractivity contribution in [3.63, 3.8) is 0 Å². The average molecular weight is 369 g/mol. The SMILES string of the molecule is O=C(CN1CCCCCC1=O)N1CCN(Cc2cn3ccccc3n2)CC1. The molecule has 2 amide bonds. The van der Waals surface area contributed by atoms with Gasteiger partial charge in [-0.15, -0.1) is 0 Å². The number of hydrogen-bond donors (Lipinski definition) is 0. The van der Waals surface area contributed by atoms with E-state index in [-0.39, 0.29) is 18.4 Å². The van der Waals surface area contributed by atoms with Crippen LogP contribution in [0.15, 0.2) is 30.6 Å². The highest BCUT2D eigenvalue weighted by molar-refractivity contribution is 5.85. The number of carbonyl (C=O) groups is 2. The molecule has 0 atom stereocenters. The summed E-state index contributed by atoms with van der Waals surface area (Å²) in [7, 11) is 0. The number of imidazole rings is 1. The van der Waals surface area contributed by atoms with Gasteiger partial charge in [-0.05, 0) is 25.0 Å². The molecule has 2 fully saturated rings. The fourth-order valence-corrected chi connectivity index (χ4v) is 3.92. The van der Waals surface area contributed by atoms with Crippen molar-refractivity contribution in [1.82, 2.24) is 24.1 Å². The topological polar surface area (TPSA) is 61.2 Å². The third kappa shape index (κ3) is 4.30. The number of nitrogens with zero attached hydrogens (tertiary/aromatic N) is 5. The van der Waals surface area contributed by atoms with Gasteiger partial charge in [-0.2, -0.15) is 0 Å². The first-order valence-corrected chi connectivity index (χ1v) is 9.89. The first kappa shape index (κ1) is 18.0. The van der Waals surface area contributed by atoms with Gasteiger partial charge in [0.2, 0.25) is 11.8 Å². The highest BCUT2D eigenvalue weighted by Crippen LogP contribution is 2.13. The summed E-state index contributed by atoms with van der Waals surface area (Å²) in [6, 6.07) is 5.99. The van der Waals surface area contributed by atoms with Gasteiger partial charge < -0.3 is 14.2 Å². The van der Waals surface area contributed by atoms with Crippen LogP contribution in [0.3, 0.4) is 0 Å². The van der Waals surface area contributed by atoms with Crippen molar-refractivity contribution in [2.75, 3.05) is 39.3 Å². The zero-order chi connectivity index (χ0) is 18.6. The molecule has 2 aliphatic heterocycles. The zero-order valence-electron chi connectivity index (χ0n) is 15.7. The van der Waals surface area contributed by atoms with Crippen LogP contribution in [0.25, 0.3) is 5.65 Å². The summed E-state index contributed by atoms with van der Waals surface area (Å²) < 4.78 is 2.04. The molecule has 0 bridgehead atoms. The average Bonchev–Trinajstić information content (AvgIpc) is 2.98. The number of piperazine rings is 1. The predicted molar refractivity (Wildman–Crippen MR) is 102 cm³/mol. The molecule has 0 unspecified atom stereocenters. The highest BCUT2D eigenvalue weighted by atomic mass is 16.2. The molecule has 0 radical (unpaired) electrons. The maximum atomic E-state index is 12.6. The largest absolute Gasteiger partial charge is 0.339 e. The number of likely N-dealkylation sites (tertiary alicyclic amines) is 1. The second-order valence-corrected chi connectivity index (χ2v) is 7.48. The Labute approximate surface area is 159 Å². The number of aromatic nitrogens is 2. The monoisotopic (exact) mass is 369 g/mol. The lowest BCUT2D eigenvalue weighted by molar-refractivity contribution is -0.141. The van der Waals surface area contributed by atoms with Crippen LogP contribution in [0.5, 0.6) is 0 Å². The zero-order valence-corrected chi connectivity index (χ0v) is 15.7. The summed E-state index contributed by atoms with van der Waals surface area (Å²) >= 11 is 0. The number of amides is 2. The molecular weight excluding hydrogens is 342 g/mol. The maximum absolute atomic E-state index is 12.6. The minimum absolute atomic E-state index is 0.0811. The van der Waals surface area contributed by atoms with Gasteiger partial charge in [0.25, 0.3) is 0 Å². The summed E-state index contributed by atoms with van der Waals surface area (Å²) in [6.07, 6.45) is 7.69. The van der Waals surface area contributed by atoms with Gasteiger partial charge in [0.15, 0.2) is 0 Å². The van der Waals surface area contributed by atoms with Gasteiger partial charge in [-0.25, -0.2) is 4.98 Å². The molecule has 7 heteroatoms. The van der Waals surface area contributed by atoms with Crippen LogP contribution in [0.1, 0.15) is 31.4 Å². The van der Waals surface area contributed by atoms with Crippen LogP contribution in [-0.2, 0) is 16.1 Å². The van der Waals surface area contributed by atoms with E-state index in [1.807, 2.05) is 33.7 Å². The second-order valence-electron chi connectivity index (χ2n) is 7.48. The normalized spacial score (nSPS) is 19.5. The standard InChI is InChI=1S/C20H27N5O2/c26-19-7-2-1-4-9-25(19)16-20(27)23-12-10-22(11-13-23)14-17-15-24-8-5-3-6-18(24)21-17/h3,5-6,8,15H,1-2,4,7,9-14,16H2. The first-order chi connectivity index (χ1) is 13.2. The van der Waals surface area contributed by atoms with E-state index in [0.29, 0.717) is 19.5 Å². The number of carbonyl (C=O) groups excluding carboxylic acids is 2. The Hall–Kier alpha value is -2.41. The molecule has 0 aliphatic carbocycles. The molecule has 4 heterocycles. The molecule has 4 rings (SSSR count). The van der Waals surface area contributed by atoms with E-state index in [1.54, 1.807) is 4.90 Å². The quantitative estimate of drug-likeness (QED) is 0.817. The fraction of sp³-hybridized carbons (Fsp3) is 0.550. The molecule has 0 saturated carbocycles. The van der Waals surface area contributed by atoms with E-state index in [2.05, 4.69) is 16.1 Å². The van der Waals surface area contributed by atoms with E-state index < -0.39 is 0 Å². The Morgan fingerprint density at radius 2 is 1.89 bits per heavy atom. The number of rotatable bonds is 4. The summed E-state index contributed by atoms with van der Waals surface area (Å²) in [5, 5.41) is 0. The lowest BCUT2D eigenvalue weighted by atomic mass is 10.2. The number of hydrogen-bond acceptors (Lipinski definition) is 4. The van der Waals surface area contributed by atoms with Crippen molar-refractivity contribution < 1.29 is 9.59 Å². The number of pyridine rings is 1. The van der Waals surface area contributed by atoms with Gasteiger partial charge in [0, 0.05) is 58.1 Å². The van der Waals surface area contributed by atoms with Gasteiger partial charge in [0.05, 0.1) is 12.2 Å². The molecule has 2 aromatic heterocycles. The lowest BCUT2D eigenvalue weighted by Crippen LogP contribution is -2.51. The van der Waals surface area contributed by atoms with Gasteiger partial charge in [0.1, 0.15) is 5.65 Å². The van der Waals surface area contributed by atoms with Crippen molar-refractivity contribution in [2.24, 2.45) is 0 Å². The Bertz CT molecular complexity index is 777. The van der Waals surface area contributed by atoms with Crippen LogP contribution in [-0.4, -0.2) is 75.2 Å². The Morgan fingerprint density at radius 1 is 1.04 bits per heavy atom. The van der Waals surface area contributed by atoms with Gasteiger partial charge in [-0.3, -0.25) is 14.5 Å². The van der Waals surface area contributed by atoms with E-state index in [4.69, 9.17) is 0 Å². The second kappa shape index (κ2) is 8.08. The third-order valence-corrected chi connectivity index (χ3v) is 5.52. The molecule has 2 saturated heterocycles. The van der Waals surface area contributed by atoms with E-state index in [0.717, 1.165) is 56.8 Å². The van der Waals surface area contributed by atoms with Gasteiger partial charge >= 0.3 is 0 Å². The minimum atomic E-state index is 0.0811. The molecule has 144 valence electrons. The highest BCUT2D eigenvalue weighted by Gasteiger charge is 2.25. The van der Waals surface area contributed by atoms with E-state index >= 15 is 0 Å². The summed E-state index contributed by atoms with van der Waals surface area (Å²) in [6.45, 7) is 4.88. The number of fused-ring (bicyclic) bond motifs is 1. The van der Waals surface area contributed by atoms with Crippen LogP contribution >= 0.6 is 0 Å². The van der Waals surface area contributed by atoms with E-state index in [9.17, 15) is 9.59 Å². The maximum Gasteiger partial charge on any atom is 0.242 e. The van der Waals surface area contributed by atoms with Crippen molar-refractivity contribution in [3.8, 4) is 0 Å². The minimum Gasteiger partial charge on any atom is -0.339 e. The molecule has 2 aromatic rings. The molecule has 0 aromatic carbocycles. The molecule has 27 heavy (non-hydrogen) atoms. The lowest BCUT2D eigenvalue weighted by Gasteiger charge is -2.35. The predicted octanol–water partition coefficient (Wildman–Crippen LogP) is 1.38. The summed E-state index contributed by atoms with van der Waals surface area (Å²) in [5.74, 6) is 0.212. The van der Waals surface area contributed by atoms with Crippen LogP contribution in [0.4, 0.5) is 0 Å². The third-order valence-electron chi connectivity index (χ3n) is 5.52. The van der Waals surface area contributed by atoms with Crippen LogP contribution in [0.2, 0.25) is 0 Å². The Morgan fingerprint density at radius 3 is 2.70 bits per heavy atom. The fourth-order valence-electron chi connectivity index (χ4n) is 3.92. The van der Waals surface area contributed by atoms with Crippen molar-refractivity contribution in [1.29, 1.82) is 0 Å². The Kier molecular flexibility index (Phi) is 5.38. The Balaban J connectivity index is 1.28. The van der Waals surface area contributed by atoms with Crippen molar-refractivity contribution >= 4 is 17.5 Å². The summed E-state index contributed by atoms with van der Waals surface area (Å²) in [5.41, 5.74) is 2.01. The summed E-state index contributed by atoms with van der Waals surface area (Å²) in [4.78, 5) is 35.3. The van der Waals surface area contributed by atoms with Crippen LogP contribution < -0.4 is 0 Å². The van der Waals surface area contributed by atoms with E-state index in [1.165, 1.54) is 0 Å². The molecule has 0 N–H and O–H groups in total. The molecule has 2 aliphatic rings. The molecule has 0 spiro atoms. The van der Waals surface area contributed by atoms with Crippen molar-refractivity contribution in [3.05, 3.63) is 36.3 Å². The molecular formula is C20H27N5O2.